The van der Waals surface area contributed by atoms with Crippen LogP contribution < -0.4 is 5.56 Å². The van der Waals surface area contributed by atoms with E-state index in [0.717, 1.165) is 12.8 Å². The first-order valence-electron chi connectivity index (χ1n) is 5.72. The van der Waals surface area contributed by atoms with E-state index in [2.05, 4.69) is 15.0 Å². The maximum Gasteiger partial charge on any atom is 0.253 e. The van der Waals surface area contributed by atoms with Gasteiger partial charge in [0.1, 0.15) is 30.1 Å². The average molecular weight is 252 g/mol. The molecule has 3 rings (SSSR count). The molecule has 0 saturated heterocycles. The van der Waals surface area contributed by atoms with Crippen LogP contribution in [-0.4, -0.2) is 19.5 Å². The number of aromatic amines is 1. The van der Waals surface area contributed by atoms with E-state index in [0.29, 0.717) is 11.6 Å². The van der Waals surface area contributed by atoms with E-state index in [1.54, 1.807) is 0 Å². The van der Waals surface area contributed by atoms with Crippen LogP contribution >= 0.6 is 0 Å². The summed E-state index contributed by atoms with van der Waals surface area (Å²) in [7, 11) is 0. The topological polar surface area (TPSA) is 111 Å². The smallest absolute Gasteiger partial charge is 0.253 e. The van der Waals surface area contributed by atoms with E-state index in [1.165, 1.54) is 17.0 Å². The number of nitrogens with one attached hydrogen (secondary N) is 1. The molecule has 0 atom stereocenters. The van der Waals surface area contributed by atoms with E-state index in [-0.39, 0.29) is 22.9 Å². The number of hydrogen-bond donors (Lipinski definition) is 1. The molecule has 0 bridgehead atoms. The SMILES string of the molecule is N#Cc1ncn(-c2cc(=O)[nH]c(C3CC3)n2)c1C#N. The van der Waals surface area contributed by atoms with Crippen LogP contribution in [0.3, 0.4) is 0 Å². The van der Waals surface area contributed by atoms with Crippen molar-refractivity contribution < 1.29 is 0 Å². The normalized spacial score (nSPS) is 13.8. The number of nitriles is 2. The van der Waals surface area contributed by atoms with E-state index in [9.17, 15) is 4.79 Å². The van der Waals surface area contributed by atoms with Gasteiger partial charge in [0, 0.05) is 12.0 Å². The molecule has 1 fully saturated rings. The van der Waals surface area contributed by atoms with Crippen molar-refractivity contribution in [1.29, 1.82) is 10.5 Å². The fourth-order valence-corrected chi connectivity index (χ4v) is 1.85. The number of H-pyrrole nitrogens is 1. The van der Waals surface area contributed by atoms with E-state index in [4.69, 9.17) is 10.5 Å². The first kappa shape index (κ1) is 11.2. The van der Waals surface area contributed by atoms with Crippen LogP contribution in [0.4, 0.5) is 0 Å². The standard InChI is InChI=1S/C12H8N6O/c13-4-8-9(5-14)18(6-15-8)10-3-11(19)17-12(16-10)7-1-2-7/h3,6-7H,1-2H2,(H,16,17,19). The molecule has 1 aliphatic rings. The number of aromatic nitrogens is 4. The van der Waals surface area contributed by atoms with Crippen LogP contribution in [0, 0.1) is 22.7 Å². The van der Waals surface area contributed by atoms with Crippen molar-refractivity contribution in [3.05, 3.63) is 40.0 Å². The lowest BCUT2D eigenvalue weighted by molar-refractivity contribution is 0.859. The van der Waals surface area contributed by atoms with E-state index in [1.807, 2.05) is 12.1 Å². The van der Waals surface area contributed by atoms with Gasteiger partial charge < -0.3 is 4.98 Å². The molecule has 2 aromatic rings. The van der Waals surface area contributed by atoms with Crippen LogP contribution in [0.15, 0.2) is 17.2 Å². The van der Waals surface area contributed by atoms with Crippen molar-refractivity contribution in [2.45, 2.75) is 18.8 Å². The third-order valence-electron chi connectivity index (χ3n) is 2.94. The fourth-order valence-electron chi connectivity index (χ4n) is 1.85. The molecule has 19 heavy (non-hydrogen) atoms. The van der Waals surface area contributed by atoms with Gasteiger partial charge in [-0.3, -0.25) is 9.36 Å². The summed E-state index contributed by atoms with van der Waals surface area (Å²) in [5.74, 6) is 1.23. The molecule has 7 nitrogen and oxygen atoms in total. The van der Waals surface area contributed by atoms with Crippen molar-refractivity contribution >= 4 is 0 Å². The zero-order valence-electron chi connectivity index (χ0n) is 9.79. The van der Waals surface area contributed by atoms with Crippen LogP contribution in [0.25, 0.3) is 5.82 Å². The summed E-state index contributed by atoms with van der Waals surface area (Å²) in [6.45, 7) is 0. The molecule has 0 aromatic carbocycles. The van der Waals surface area contributed by atoms with Gasteiger partial charge in [-0.2, -0.15) is 10.5 Å². The maximum atomic E-state index is 11.6. The predicted octanol–water partition coefficient (Wildman–Crippen LogP) is 0.576. The third kappa shape index (κ3) is 1.87. The van der Waals surface area contributed by atoms with Gasteiger partial charge in [0.15, 0.2) is 11.4 Å². The zero-order valence-corrected chi connectivity index (χ0v) is 9.79. The van der Waals surface area contributed by atoms with Gasteiger partial charge in [-0.15, -0.1) is 0 Å². The van der Waals surface area contributed by atoms with Crippen LogP contribution in [0.1, 0.15) is 36.0 Å². The lowest BCUT2D eigenvalue weighted by Crippen LogP contribution is -2.13. The largest absolute Gasteiger partial charge is 0.310 e. The van der Waals surface area contributed by atoms with Gasteiger partial charge in [-0.1, -0.05) is 0 Å². The Labute approximate surface area is 107 Å². The van der Waals surface area contributed by atoms with Gasteiger partial charge >= 0.3 is 0 Å². The van der Waals surface area contributed by atoms with Crippen molar-refractivity contribution in [2.24, 2.45) is 0 Å². The minimum absolute atomic E-state index is 0.0255. The molecular formula is C12H8N6O. The number of nitrogens with zero attached hydrogens (tertiary/aromatic N) is 5. The highest BCUT2D eigenvalue weighted by atomic mass is 16.1. The molecule has 0 unspecified atom stereocenters. The van der Waals surface area contributed by atoms with Crippen LogP contribution in [0.5, 0.6) is 0 Å². The summed E-state index contributed by atoms with van der Waals surface area (Å²) >= 11 is 0. The molecule has 2 aromatic heterocycles. The molecule has 0 aliphatic heterocycles. The molecule has 92 valence electrons. The summed E-state index contributed by atoms with van der Waals surface area (Å²) in [4.78, 5) is 22.5. The molecule has 0 amide bonds. The van der Waals surface area contributed by atoms with E-state index < -0.39 is 0 Å². The Hall–Kier alpha value is -2.93. The maximum absolute atomic E-state index is 11.6. The Balaban J connectivity index is 2.17. The highest BCUT2D eigenvalue weighted by molar-refractivity contribution is 5.41. The predicted molar refractivity (Wildman–Crippen MR) is 63.4 cm³/mol. The van der Waals surface area contributed by atoms with Crippen LogP contribution in [0.2, 0.25) is 0 Å². The summed E-state index contributed by atoms with van der Waals surface area (Å²) in [6, 6.07) is 5.02. The molecule has 2 heterocycles. The number of hydrogen-bond acceptors (Lipinski definition) is 5. The first-order valence-corrected chi connectivity index (χ1v) is 5.72. The highest BCUT2D eigenvalue weighted by Crippen LogP contribution is 2.37. The molecule has 0 spiro atoms. The second-order valence-electron chi connectivity index (χ2n) is 4.30. The van der Waals surface area contributed by atoms with Crippen molar-refractivity contribution in [1.82, 2.24) is 19.5 Å². The Morgan fingerprint density at radius 3 is 2.79 bits per heavy atom. The minimum Gasteiger partial charge on any atom is -0.310 e. The second kappa shape index (κ2) is 4.07. The first-order chi connectivity index (χ1) is 9.22. The summed E-state index contributed by atoms with van der Waals surface area (Å²) in [6.07, 6.45) is 3.34. The zero-order chi connectivity index (χ0) is 13.4. The molecule has 1 saturated carbocycles. The molecule has 1 N–H and O–H groups in total. The second-order valence-corrected chi connectivity index (χ2v) is 4.30. The summed E-state index contributed by atoms with van der Waals surface area (Å²) in [5, 5.41) is 17.9. The molecular weight excluding hydrogens is 244 g/mol. The Morgan fingerprint density at radius 2 is 2.16 bits per heavy atom. The lowest BCUT2D eigenvalue weighted by atomic mass is 10.3. The van der Waals surface area contributed by atoms with Gasteiger partial charge in [-0.25, -0.2) is 9.97 Å². The van der Waals surface area contributed by atoms with Crippen molar-refractivity contribution in [2.75, 3.05) is 0 Å². The van der Waals surface area contributed by atoms with Gasteiger partial charge in [-0.05, 0) is 12.8 Å². The highest BCUT2D eigenvalue weighted by Gasteiger charge is 2.27. The van der Waals surface area contributed by atoms with Crippen LogP contribution in [-0.2, 0) is 0 Å². The third-order valence-corrected chi connectivity index (χ3v) is 2.94. The minimum atomic E-state index is -0.275. The van der Waals surface area contributed by atoms with E-state index >= 15 is 0 Å². The van der Waals surface area contributed by atoms with Crippen molar-refractivity contribution in [3.8, 4) is 18.0 Å². The lowest BCUT2D eigenvalue weighted by Gasteiger charge is -2.04. The molecule has 0 radical (unpaired) electrons. The Bertz CT molecular complexity index is 784. The number of imidazole rings is 1. The van der Waals surface area contributed by atoms with Crippen molar-refractivity contribution in [3.63, 3.8) is 0 Å². The summed E-state index contributed by atoms with van der Waals surface area (Å²) < 4.78 is 1.36. The molecule has 1 aliphatic carbocycles. The summed E-state index contributed by atoms with van der Waals surface area (Å²) in [5.41, 5.74) is -0.164. The van der Waals surface area contributed by atoms with Gasteiger partial charge in [0.25, 0.3) is 5.56 Å². The fraction of sp³-hybridized carbons (Fsp3) is 0.250. The monoisotopic (exact) mass is 252 g/mol. The van der Waals surface area contributed by atoms with Gasteiger partial charge in [0.05, 0.1) is 0 Å². The average Bonchev–Trinajstić information content (AvgIpc) is 3.17. The molecule has 7 heteroatoms. The Kier molecular flexibility index (Phi) is 2.39. The number of rotatable bonds is 2. The van der Waals surface area contributed by atoms with Gasteiger partial charge in [0.2, 0.25) is 0 Å². The quantitative estimate of drug-likeness (QED) is 0.840. The Morgan fingerprint density at radius 1 is 1.37 bits per heavy atom.